The topological polar surface area (TPSA) is 43.8 Å². The zero-order valence-electron chi connectivity index (χ0n) is 9.07. The highest BCUT2D eigenvalue weighted by molar-refractivity contribution is 5.39. The first kappa shape index (κ1) is 9.77. The second-order valence-electron chi connectivity index (χ2n) is 3.66. The van der Waals surface area contributed by atoms with Crippen molar-refractivity contribution in [3.63, 3.8) is 0 Å². The summed E-state index contributed by atoms with van der Waals surface area (Å²) >= 11 is 0. The molecule has 2 rings (SSSR count). The van der Waals surface area contributed by atoms with Crippen molar-refractivity contribution in [3.8, 4) is 5.69 Å². The normalized spacial score (nSPS) is 10.5. The van der Waals surface area contributed by atoms with Gasteiger partial charge in [-0.05, 0) is 25.5 Å². The van der Waals surface area contributed by atoms with E-state index in [0.29, 0.717) is 5.82 Å². The third-order valence-electron chi connectivity index (χ3n) is 2.44. The van der Waals surface area contributed by atoms with Crippen LogP contribution < -0.4 is 5.73 Å². The van der Waals surface area contributed by atoms with Crippen molar-refractivity contribution in [2.75, 3.05) is 5.73 Å². The van der Waals surface area contributed by atoms with E-state index in [1.54, 1.807) is 0 Å². The van der Waals surface area contributed by atoms with Crippen LogP contribution in [0.1, 0.15) is 18.2 Å². The van der Waals surface area contributed by atoms with Gasteiger partial charge in [-0.25, -0.2) is 4.68 Å². The van der Waals surface area contributed by atoms with Crippen molar-refractivity contribution in [2.45, 2.75) is 20.3 Å². The number of nitrogens with zero attached hydrogens (tertiary/aromatic N) is 2. The molecule has 78 valence electrons. The van der Waals surface area contributed by atoms with Gasteiger partial charge in [0.15, 0.2) is 0 Å². The molecule has 0 aliphatic rings. The van der Waals surface area contributed by atoms with Crippen LogP contribution in [-0.2, 0) is 6.42 Å². The van der Waals surface area contributed by atoms with Gasteiger partial charge >= 0.3 is 0 Å². The van der Waals surface area contributed by atoms with E-state index in [1.807, 2.05) is 10.7 Å². The molecule has 0 radical (unpaired) electrons. The van der Waals surface area contributed by atoms with Crippen molar-refractivity contribution in [3.05, 3.63) is 41.6 Å². The lowest BCUT2D eigenvalue weighted by molar-refractivity contribution is 0.817. The summed E-state index contributed by atoms with van der Waals surface area (Å²) in [6, 6.07) is 10.2. The maximum atomic E-state index is 5.69. The Bertz CT molecular complexity index is 454. The summed E-state index contributed by atoms with van der Waals surface area (Å²) < 4.78 is 1.90. The minimum Gasteiger partial charge on any atom is -0.382 e. The Morgan fingerprint density at radius 1 is 1.27 bits per heavy atom. The predicted molar refractivity (Wildman–Crippen MR) is 62.1 cm³/mol. The summed E-state index contributed by atoms with van der Waals surface area (Å²) in [7, 11) is 0. The van der Waals surface area contributed by atoms with E-state index < -0.39 is 0 Å². The van der Waals surface area contributed by atoms with Crippen molar-refractivity contribution in [2.24, 2.45) is 0 Å². The van der Waals surface area contributed by atoms with Gasteiger partial charge in [0.25, 0.3) is 0 Å². The van der Waals surface area contributed by atoms with Gasteiger partial charge in [-0.15, -0.1) is 0 Å². The largest absolute Gasteiger partial charge is 0.382 e. The zero-order chi connectivity index (χ0) is 10.8. The number of aromatic nitrogens is 2. The average Bonchev–Trinajstić information content (AvgIpc) is 2.61. The molecule has 15 heavy (non-hydrogen) atoms. The maximum absolute atomic E-state index is 5.69. The molecule has 0 spiro atoms. The van der Waals surface area contributed by atoms with E-state index in [9.17, 15) is 0 Å². The molecular formula is C12H15N3. The van der Waals surface area contributed by atoms with Crippen molar-refractivity contribution in [1.29, 1.82) is 0 Å². The number of benzene rings is 1. The molecule has 2 aromatic rings. The van der Waals surface area contributed by atoms with E-state index in [0.717, 1.165) is 17.8 Å². The lowest BCUT2D eigenvalue weighted by Crippen LogP contribution is -2.01. The SMILES string of the molecule is CCc1cc(N)nn1-c1ccc(C)cc1. The van der Waals surface area contributed by atoms with Gasteiger partial charge in [0.2, 0.25) is 0 Å². The van der Waals surface area contributed by atoms with Gasteiger partial charge in [-0.2, -0.15) is 5.10 Å². The molecule has 0 fully saturated rings. The predicted octanol–water partition coefficient (Wildman–Crippen LogP) is 2.33. The molecule has 0 amide bonds. The molecule has 1 aromatic carbocycles. The molecule has 3 heteroatoms. The number of aryl methyl sites for hydroxylation is 2. The van der Waals surface area contributed by atoms with Gasteiger partial charge in [0, 0.05) is 11.8 Å². The molecule has 3 nitrogen and oxygen atoms in total. The highest BCUT2D eigenvalue weighted by atomic mass is 15.3. The Balaban J connectivity index is 2.48. The van der Waals surface area contributed by atoms with Gasteiger partial charge in [-0.3, -0.25) is 0 Å². The smallest absolute Gasteiger partial charge is 0.146 e. The van der Waals surface area contributed by atoms with Crippen LogP contribution in [0.4, 0.5) is 5.82 Å². The number of nitrogen functional groups attached to an aromatic ring is 1. The minimum atomic E-state index is 0.576. The second kappa shape index (κ2) is 3.77. The van der Waals surface area contributed by atoms with Crippen LogP contribution in [0.25, 0.3) is 5.69 Å². The molecule has 0 saturated heterocycles. The van der Waals surface area contributed by atoms with E-state index >= 15 is 0 Å². The maximum Gasteiger partial charge on any atom is 0.146 e. The van der Waals surface area contributed by atoms with Gasteiger partial charge < -0.3 is 5.73 Å². The van der Waals surface area contributed by atoms with Crippen LogP contribution >= 0.6 is 0 Å². The number of nitrogens with two attached hydrogens (primary N) is 1. The molecule has 0 bridgehead atoms. The lowest BCUT2D eigenvalue weighted by Gasteiger charge is -2.05. The van der Waals surface area contributed by atoms with Gasteiger partial charge in [-0.1, -0.05) is 24.6 Å². The molecule has 0 atom stereocenters. The fraction of sp³-hybridized carbons (Fsp3) is 0.250. The molecule has 0 unspecified atom stereocenters. The number of rotatable bonds is 2. The van der Waals surface area contributed by atoms with E-state index in [1.165, 1.54) is 5.56 Å². The van der Waals surface area contributed by atoms with Crippen molar-refractivity contribution in [1.82, 2.24) is 9.78 Å². The number of hydrogen-bond acceptors (Lipinski definition) is 2. The van der Waals surface area contributed by atoms with Crippen LogP contribution in [0.15, 0.2) is 30.3 Å². The molecule has 0 aliphatic carbocycles. The fourth-order valence-corrected chi connectivity index (χ4v) is 1.60. The molecule has 0 saturated carbocycles. The van der Waals surface area contributed by atoms with Crippen molar-refractivity contribution < 1.29 is 0 Å². The van der Waals surface area contributed by atoms with Crippen molar-refractivity contribution >= 4 is 5.82 Å². The zero-order valence-corrected chi connectivity index (χ0v) is 9.07. The monoisotopic (exact) mass is 201 g/mol. The summed E-state index contributed by atoms with van der Waals surface area (Å²) in [6.45, 7) is 4.17. The summed E-state index contributed by atoms with van der Waals surface area (Å²) in [5.41, 5.74) is 9.14. The highest BCUT2D eigenvalue weighted by Crippen LogP contribution is 2.14. The van der Waals surface area contributed by atoms with Gasteiger partial charge in [0.1, 0.15) is 5.82 Å². The molecular weight excluding hydrogens is 186 g/mol. The minimum absolute atomic E-state index is 0.576. The van der Waals surface area contributed by atoms with E-state index in [2.05, 4.69) is 43.2 Å². The Labute approximate surface area is 89.5 Å². The third kappa shape index (κ3) is 1.86. The quantitative estimate of drug-likeness (QED) is 0.810. The van der Waals surface area contributed by atoms with Crippen LogP contribution in [0.3, 0.4) is 0 Å². The van der Waals surface area contributed by atoms with Crippen LogP contribution in [0, 0.1) is 6.92 Å². The number of hydrogen-bond donors (Lipinski definition) is 1. The summed E-state index contributed by atoms with van der Waals surface area (Å²) in [5, 5.41) is 4.28. The highest BCUT2D eigenvalue weighted by Gasteiger charge is 2.05. The van der Waals surface area contributed by atoms with Crippen LogP contribution in [-0.4, -0.2) is 9.78 Å². The van der Waals surface area contributed by atoms with E-state index in [4.69, 9.17) is 5.73 Å². The molecule has 1 heterocycles. The summed E-state index contributed by atoms with van der Waals surface area (Å²) in [5.74, 6) is 0.576. The Kier molecular flexibility index (Phi) is 2.46. The summed E-state index contributed by atoms with van der Waals surface area (Å²) in [4.78, 5) is 0. The van der Waals surface area contributed by atoms with Crippen LogP contribution in [0.5, 0.6) is 0 Å². The average molecular weight is 201 g/mol. The Morgan fingerprint density at radius 3 is 2.53 bits per heavy atom. The molecule has 0 aliphatic heterocycles. The Hall–Kier alpha value is -1.77. The van der Waals surface area contributed by atoms with Gasteiger partial charge in [0.05, 0.1) is 5.69 Å². The number of anilines is 1. The third-order valence-corrected chi connectivity index (χ3v) is 2.44. The standard InChI is InChI=1S/C12H15N3/c1-3-10-8-12(13)14-15(10)11-6-4-9(2)5-7-11/h4-8H,3H2,1-2H3,(H2,13,14). The van der Waals surface area contributed by atoms with Crippen LogP contribution in [0.2, 0.25) is 0 Å². The molecule has 1 aromatic heterocycles. The fourth-order valence-electron chi connectivity index (χ4n) is 1.60. The summed E-state index contributed by atoms with van der Waals surface area (Å²) in [6.07, 6.45) is 0.929. The lowest BCUT2D eigenvalue weighted by atomic mass is 10.2. The first-order valence-corrected chi connectivity index (χ1v) is 5.12. The van der Waals surface area contributed by atoms with E-state index in [-0.39, 0.29) is 0 Å². The Morgan fingerprint density at radius 2 is 1.93 bits per heavy atom. The second-order valence-corrected chi connectivity index (χ2v) is 3.66. The molecule has 2 N–H and O–H groups in total. The first-order chi connectivity index (χ1) is 7.20. The first-order valence-electron chi connectivity index (χ1n) is 5.12.